The predicted octanol–water partition coefficient (Wildman–Crippen LogP) is 3.86. The molecular formula is C18H16N2. The molecule has 2 aliphatic rings. The maximum Gasteiger partial charge on any atom is 0.0772 e. The normalized spacial score (nSPS) is 23.8. The molecule has 2 nitrogen and oxygen atoms in total. The van der Waals surface area contributed by atoms with E-state index in [1.807, 2.05) is 6.07 Å². The lowest BCUT2D eigenvalue weighted by molar-refractivity contribution is 0.630. The average molecular weight is 260 g/mol. The van der Waals surface area contributed by atoms with Crippen molar-refractivity contribution in [3.8, 4) is 0 Å². The molecule has 2 heteroatoms. The smallest absolute Gasteiger partial charge is 0.0772 e. The molecule has 2 aromatic carbocycles. The van der Waals surface area contributed by atoms with Crippen molar-refractivity contribution < 1.29 is 0 Å². The van der Waals surface area contributed by atoms with E-state index in [-0.39, 0.29) is 0 Å². The Morgan fingerprint density at radius 1 is 0.900 bits per heavy atom. The van der Waals surface area contributed by atoms with Gasteiger partial charge in [-0.3, -0.25) is 5.01 Å². The first-order valence-electron chi connectivity index (χ1n) is 7.08. The molecule has 2 atom stereocenters. The minimum absolute atomic E-state index is 0.414. The van der Waals surface area contributed by atoms with Crippen LogP contribution < -0.4 is 5.01 Å². The maximum atomic E-state index is 4.91. The Balaban J connectivity index is 1.77. The molecule has 0 aromatic heterocycles. The van der Waals surface area contributed by atoms with Crippen LogP contribution in [0.1, 0.15) is 12.0 Å². The highest BCUT2D eigenvalue weighted by Gasteiger charge is 2.38. The summed E-state index contributed by atoms with van der Waals surface area (Å²) < 4.78 is 0. The zero-order valence-electron chi connectivity index (χ0n) is 11.2. The van der Waals surface area contributed by atoms with Gasteiger partial charge in [-0.2, -0.15) is 5.10 Å². The van der Waals surface area contributed by atoms with Gasteiger partial charge in [-0.15, -0.1) is 0 Å². The lowest BCUT2D eigenvalue weighted by atomic mass is 9.94. The second-order valence-corrected chi connectivity index (χ2v) is 5.29. The third-order valence-corrected chi connectivity index (χ3v) is 4.07. The Bertz CT molecular complexity index is 658. The molecule has 0 radical (unpaired) electrons. The highest BCUT2D eigenvalue weighted by molar-refractivity contribution is 6.06. The van der Waals surface area contributed by atoms with Crippen LogP contribution >= 0.6 is 0 Å². The average Bonchev–Trinajstić information content (AvgIpc) is 3.11. The van der Waals surface area contributed by atoms with Crippen molar-refractivity contribution in [1.82, 2.24) is 0 Å². The quantitative estimate of drug-likeness (QED) is 0.749. The highest BCUT2D eigenvalue weighted by atomic mass is 15.5. The van der Waals surface area contributed by atoms with Gasteiger partial charge in [-0.25, -0.2) is 0 Å². The standard InChI is InChI=1S/C18H16N2/c1-3-8-14(9-4-1)18-16-12-7-13-17(16)20(19-18)15-10-5-2-6-11-15/h1-12,16-17H,13H2/t16-,17+/m0/s1. The molecule has 1 heterocycles. The molecular weight excluding hydrogens is 244 g/mol. The van der Waals surface area contributed by atoms with E-state index in [1.54, 1.807) is 0 Å². The Morgan fingerprint density at radius 2 is 1.60 bits per heavy atom. The number of para-hydroxylation sites is 1. The number of hydrogen-bond donors (Lipinski definition) is 0. The van der Waals surface area contributed by atoms with E-state index in [2.05, 4.69) is 71.8 Å². The summed E-state index contributed by atoms with van der Waals surface area (Å²) in [5.41, 5.74) is 3.60. The SMILES string of the molecule is C1=C[C@@H]2C(c3ccccc3)=NN(c3ccccc3)[C@@H]2C1. The van der Waals surface area contributed by atoms with Crippen molar-refractivity contribution >= 4 is 11.4 Å². The molecule has 2 aromatic rings. The minimum atomic E-state index is 0.414. The topological polar surface area (TPSA) is 15.6 Å². The van der Waals surface area contributed by atoms with Crippen molar-refractivity contribution in [1.29, 1.82) is 0 Å². The van der Waals surface area contributed by atoms with Gasteiger partial charge in [0.2, 0.25) is 0 Å². The monoisotopic (exact) mass is 260 g/mol. The summed E-state index contributed by atoms with van der Waals surface area (Å²) in [5, 5.41) is 7.10. The summed E-state index contributed by atoms with van der Waals surface area (Å²) in [7, 11) is 0. The fourth-order valence-corrected chi connectivity index (χ4v) is 3.11. The lowest BCUT2D eigenvalue weighted by Crippen LogP contribution is -2.29. The molecule has 0 unspecified atom stereocenters. The number of benzene rings is 2. The van der Waals surface area contributed by atoms with Crippen LogP contribution in [-0.4, -0.2) is 11.8 Å². The van der Waals surface area contributed by atoms with Gasteiger partial charge in [-0.1, -0.05) is 60.7 Å². The fourth-order valence-electron chi connectivity index (χ4n) is 3.11. The molecule has 0 fully saturated rings. The molecule has 1 aliphatic carbocycles. The maximum absolute atomic E-state index is 4.91. The van der Waals surface area contributed by atoms with Crippen LogP contribution in [0.25, 0.3) is 0 Å². The van der Waals surface area contributed by atoms with Crippen LogP contribution in [0.2, 0.25) is 0 Å². The highest BCUT2D eigenvalue weighted by Crippen LogP contribution is 2.36. The fraction of sp³-hybridized carbons (Fsp3) is 0.167. The van der Waals surface area contributed by atoms with E-state index >= 15 is 0 Å². The molecule has 0 amide bonds. The summed E-state index contributed by atoms with van der Waals surface area (Å²) in [6.45, 7) is 0. The first-order chi connectivity index (χ1) is 9.93. The molecule has 0 saturated carbocycles. The molecule has 0 bridgehead atoms. The van der Waals surface area contributed by atoms with Gasteiger partial charge in [-0.05, 0) is 24.1 Å². The number of hydrazone groups is 1. The number of rotatable bonds is 2. The lowest BCUT2D eigenvalue weighted by Gasteiger charge is -2.22. The molecule has 20 heavy (non-hydrogen) atoms. The predicted molar refractivity (Wildman–Crippen MR) is 82.9 cm³/mol. The van der Waals surface area contributed by atoms with Crippen molar-refractivity contribution in [3.05, 3.63) is 78.4 Å². The zero-order valence-corrected chi connectivity index (χ0v) is 11.2. The van der Waals surface area contributed by atoms with Crippen molar-refractivity contribution in [3.63, 3.8) is 0 Å². The van der Waals surface area contributed by atoms with Gasteiger partial charge in [0.25, 0.3) is 0 Å². The van der Waals surface area contributed by atoms with E-state index in [4.69, 9.17) is 5.10 Å². The van der Waals surface area contributed by atoms with E-state index in [0.717, 1.165) is 6.42 Å². The van der Waals surface area contributed by atoms with Gasteiger partial charge in [0.1, 0.15) is 0 Å². The van der Waals surface area contributed by atoms with Gasteiger partial charge in [0.05, 0.1) is 17.4 Å². The van der Waals surface area contributed by atoms with Crippen LogP contribution in [0, 0.1) is 5.92 Å². The Kier molecular flexibility index (Phi) is 2.66. The van der Waals surface area contributed by atoms with Crippen molar-refractivity contribution in [2.24, 2.45) is 11.0 Å². The number of anilines is 1. The second kappa shape index (κ2) is 4.64. The Morgan fingerprint density at radius 3 is 2.35 bits per heavy atom. The van der Waals surface area contributed by atoms with Gasteiger partial charge < -0.3 is 0 Å². The number of nitrogens with zero attached hydrogens (tertiary/aromatic N) is 2. The molecule has 1 aliphatic heterocycles. The minimum Gasteiger partial charge on any atom is -0.261 e. The van der Waals surface area contributed by atoms with E-state index in [9.17, 15) is 0 Å². The third kappa shape index (κ3) is 1.76. The Labute approximate surface area is 119 Å². The van der Waals surface area contributed by atoms with Crippen LogP contribution in [0.3, 0.4) is 0 Å². The summed E-state index contributed by atoms with van der Waals surface area (Å²) in [4.78, 5) is 0. The third-order valence-electron chi connectivity index (χ3n) is 4.07. The first-order valence-corrected chi connectivity index (χ1v) is 7.08. The second-order valence-electron chi connectivity index (χ2n) is 5.29. The van der Waals surface area contributed by atoms with Crippen molar-refractivity contribution in [2.45, 2.75) is 12.5 Å². The number of fused-ring (bicyclic) bond motifs is 1. The molecule has 0 spiro atoms. The largest absolute Gasteiger partial charge is 0.261 e. The van der Waals surface area contributed by atoms with Gasteiger partial charge in [0.15, 0.2) is 0 Å². The van der Waals surface area contributed by atoms with Crippen LogP contribution in [-0.2, 0) is 0 Å². The molecule has 0 saturated heterocycles. The van der Waals surface area contributed by atoms with Crippen LogP contribution in [0.5, 0.6) is 0 Å². The van der Waals surface area contributed by atoms with Crippen molar-refractivity contribution in [2.75, 3.05) is 5.01 Å². The molecule has 4 rings (SSSR count). The van der Waals surface area contributed by atoms with Crippen LogP contribution in [0.4, 0.5) is 5.69 Å². The van der Waals surface area contributed by atoms with Gasteiger partial charge in [0, 0.05) is 5.92 Å². The zero-order chi connectivity index (χ0) is 13.4. The Hall–Kier alpha value is -2.35. The van der Waals surface area contributed by atoms with Crippen LogP contribution in [0.15, 0.2) is 77.9 Å². The summed E-state index contributed by atoms with van der Waals surface area (Å²) in [5.74, 6) is 0.414. The number of hydrogen-bond acceptors (Lipinski definition) is 2. The molecule has 98 valence electrons. The summed E-state index contributed by atoms with van der Waals surface area (Å²) >= 11 is 0. The first kappa shape index (κ1) is 11.5. The summed E-state index contributed by atoms with van der Waals surface area (Å²) in [6, 6.07) is 21.4. The van der Waals surface area contributed by atoms with Gasteiger partial charge >= 0.3 is 0 Å². The van der Waals surface area contributed by atoms with E-state index < -0.39 is 0 Å². The van der Waals surface area contributed by atoms with E-state index in [0.29, 0.717) is 12.0 Å². The summed E-state index contributed by atoms with van der Waals surface area (Å²) in [6.07, 6.45) is 5.65. The molecule has 0 N–H and O–H groups in total. The van der Waals surface area contributed by atoms with E-state index in [1.165, 1.54) is 17.0 Å².